The van der Waals surface area contributed by atoms with Gasteiger partial charge in [0.15, 0.2) is 5.69 Å². The van der Waals surface area contributed by atoms with E-state index in [1.54, 1.807) is 16.9 Å². The van der Waals surface area contributed by atoms with Crippen LogP contribution in [0.4, 0.5) is 13.2 Å². The number of carbonyl (C=O) groups excluding carboxylic acids is 1. The number of amides is 1. The van der Waals surface area contributed by atoms with Gasteiger partial charge in [0.05, 0.1) is 11.3 Å². The molecule has 0 aliphatic carbocycles. The van der Waals surface area contributed by atoms with Crippen LogP contribution in [0, 0.1) is 12.8 Å². The lowest BCUT2D eigenvalue weighted by Crippen LogP contribution is -2.33. The summed E-state index contributed by atoms with van der Waals surface area (Å²) < 4.78 is 43.6. The molecule has 1 aliphatic heterocycles. The number of aromatic nitrogens is 3. The van der Waals surface area contributed by atoms with Crippen molar-refractivity contribution in [1.29, 1.82) is 0 Å². The Kier molecular flexibility index (Phi) is 4.13. The summed E-state index contributed by atoms with van der Waals surface area (Å²) in [7, 11) is 0. The van der Waals surface area contributed by atoms with Gasteiger partial charge in [0, 0.05) is 31.1 Å². The number of imidazole rings is 1. The van der Waals surface area contributed by atoms with Gasteiger partial charge in [-0.2, -0.15) is 17.5 Å². The molecule has 0 saturated heterocycles. The number of aryl methyl sites for hydroxylation is 2. The third-order valence-electron chi connectivity index (χ3n) is 3.93. The Labute approximate surface area is 134 Å². The zero-order valence-corrected chi connectivity index (χ0v) is 13.2. The molecule has 0 fully saturated rings. The quantitative estimate of drug-likeness (QED) is 0.931. The normalized spacial score (nSPS) is 17.8. The third-order valence-corrected chi connectivity index (χ3v) is 4.65. The van der Waals surface area contributed by atoms with Gasteiger partial charge in [-0.15, -0.1) is 0 Å². The molecular weight excluding hydrogens is 329 g/mol. The summed E-state index contributed by atoms with van der Waals surface area (Å²) in [6.45, 7) is 2.62. The highest BCUT2D eigenvalue weighted by Gasteiger charge is 2.35. The second kappa shape index (κ2) is 5.95. The van der Waals surface area contributed by atoms with Crippen LogP contribution in [0.1, 0.15) is 34.0 Å². The summed E-state index contributed by atoms with van der Waals surface area (Å²) in [5, 5.41) is 4.52. The Hall–Kier alpha value is -1.90. The van der Waals surface area contributed by atoms with E-state index in [1.807, 2.05) is 0 Å². The van der Waals surface area contributed by atoms with E-state index in [2.05, 4.69) is 14.7 Å². The largest absolute Gasteiger partial charge is 0.434 e. The van der Waals surface area contributed by atoms with E-state index in [0.717, 1.165) is 6.20 Å². The second-order valence-corrected chi connectivity index (χ2v) is 6.25. The van der Waals surface area contributed by atoms with Crippen LogP contribution in [-0.2, 0) is 19.1 Å². The molecule has 2 aromatic heterocycles. The first kappa shape index (κ1) is 16.0. The minimum atomic E-state index is -4.42. The number of nitrogens with one attached hydrogen (secondary N) is 1. The topological polar surface area (TPSA) is 59.8 Å². The fraction of sp³-hybridized carbons (Fsp3) is 0.500. The Balaban J connectivity index is 1.61. The van der Waals surface area contributed by atoms with Crippen molar-refractivity contribution in [3.63, 3.8) is 0 Å². The average Bonchev–Trinajstić information content (AvgIpc) is 3.09. The minimum absolute atomic E-state index is 0.0913. The van der Waals surface area contributed by atoms with Crippen molar-refractivity contribution in [2.24, 2.45) is 5.92 Å². The van der Waals surface area contributed by atoms with Crippen LogP contribution < -0.4 is 5.32 Å². The number of halogens is 3. The van der Waals surface area contributed by atoms with Crippen molar-refractivity contribution in [2.75, 3.05) is 6.54 Å². The summed E-state index contributed by atoms with van der Waals surface area (Å²) in [6, 6.07) is 0. The number of fused-ring (bicyclic) bond motifs is 1. The number of nitrogens with zero attached hydrogens (tertiary/aromatic N) is 3. The van der Waals surface area contributed by atoms with Gasteiger partial charge >= 0.3 is 6.18 Å². The van der Waals surface area contributed by atoms with Crippen molar-refractivity contribution in [2.45, 2.75) is 32.5 Å². The predicted molar refractivity (Wildman–Crippen MR) is 78.2 cm³/mol. The van der Waals surface area contributed by atoms with Crippen LogP contribution in [0.5, 0.6) is 0 Å². The first-order valence-corrected chi connectivity index (χ1v) is 8.00. The highest BCUT2D eigenvalue weighted by atomic mass is 32.1. The van der Waals surface area contributed by atoms with Crippen LogP contribution >= 0.6 is 11.5 Å². The predicted octanol–water partition coefficient (Wildman–Crippen LogP) is 2.66. The third kappa shape index (κ3) is 3.39. The molecule has 0 unspecified atom stereocenters. The standard InChI is InChI=1S/C14H15F3N4OS/c1-8-10(7-23-20-8)13(22)18-4-9-2-3-12-19-11(14(15,16)17)6-21(12)5-9/h6-7,9H,2-5H2,1H3,(H,18,22)/t9-/m0/s1. The highest BCUT2D eigenvalue weighted by Crippen LogP contribution is 2.30. The van der Waals surface area contributed by atoms with Gasteiger partial charge in [0.1, 0.15) is 5.82 Å². The summed E-state index contributed by atoms with van der Waals surface area (Å²) >= 11 is 1.22. The van der Waals surface area contributed by atoms with Crippen molar-refractivity contribution < 1.29 is 18.0 Å². The Morgan fingerprint density at radius 3 is 2.96 bits per heavy atom. The van der Waals surface area contributed by atoms with Crippen molar-refractivity contribution in [1.82, 2.24) is 19.2 Å². The highest BCUT2D eigenvalue weighted by molar-refractivity contribution is 7.03. The van der Waals surface area contributed by atoms with E-state index < -0.39 is 11.9 Å². The molecule has 0 bridgehead atoms. The first-order valence-electron chi connectivity index (χ1n) is 7.17. The molecule has 3 heterocycles. The molecule has 2 aromatic rings. The fourth-order valence-corrected chi connectivity index (χ4v) is 3.35. The molecule has 1 N–H and O–H groups in total. The number of hydrogen-bond donors (Lipinski definition) is 1. The van der Waals surface area contributed by atoms with Gasteiger partial charge in [-0.3, -0.25) is 4.79 Å². The van der Waals surface area contributed by atoms with Gasteiger partial charge in [0.25, 0.3) is 5.91 Å². The molecule has 5 nitrogen and oxygen atoms in total. The van der Waals surface area contributed by atoms with Crippen LogP contribution in [-0.4, -0.2) is 26.4 Å². The van der Waals surface area contributed by atoms with Crippen LogP contribution in [0.15, 0.2) is 11.6 Å². The van der Waals surface area contributed by atoms with Crippen LogP contribution in [0.25, 0.3) is 0 Å². The minimum Gasteiger partial charge on any atom is -0.352 e. The maximum atomic E-state index is 12.7. The number of alkyl halides is 3. The van der Waals surface area contributed by atoms with Crippen molar-refractivity contribution >= 4 is 17.4 Å². The maximum absolute atomic E-state index is 12.7. The molecule has 0 spiro atoms. The summed E-state index contributed by atoms with van der Waals surface area (Å²) in [5.41, 5.74) is 0.383. The Morgan fingerprint density at radius 2 is 2.30 bits per heavy atom. The molecular formula is C14H15F3N4OS. The van der Waals surface area contributed by atoms with Gasteiger partial charge in [-0.25, -0.2) is 4.98 Å². The lowest BCUT2D eigenvalue weighted by Gasteiger charge is -2.23. The molecule has 3 rings (SSSR count). The lowest BCUT2D eigenvalue weighted by atomic mass is 9.99. The SMILES string of the molecule is Cc1nscc1C(=O)NC[C@@H]1CCc2nc(C(F)(F)F)cn2C1. The average molecular weight is 344 g/mol. The summed E-state index contributed by atoms with van der Waals surface area (Å²) in [5.74, 6) is 0.357. The molecule has 0 aromatic carbocycles. The molecule has 0 radical (unpaired) electrons. The van der Waals surface area contributed by atoms with E-state index in [9.17, 15) is 18.0 Å². The summed E-state index contributed by atoms with van der Waals surface area (Å²) in [4.78, 5) is 15.7. The van der Waals surface area contributed by atoms with E-state index in [0.29, 0.717) is 43.0 Å². The molecule has 23 heavy (non-hydrogen) atoms. The van der Waals surface area contributed by atoms with Gasteiger partial charge < -0.3 is 9.88 Å². The van der Waals surface area contributed by atoms with Gasteiger partial charge in [0.2, 0.25) is 0 Å². The van der Waals surface area contributed by atoms with E-state index >= 15 is 0 Å². The molecule has 9 heteroatoms. The number of carbonyl (C=O) groups is 1. The number of hydrogen-bond acceptors (Lipinski definition) is 4. The van der Waals surface area contributed by atoms with Gasteiger partial charge in [-0.05, 0) is 30.8 Å². The van der Waals surface area contributed by atoms with E-state index in [-0.39, 0.29) is 11.8 Å². The molecule has 0 saturated carbocycles. The number of rotatable bonds is 3. The summed E-state index contributed by atoms with van der Waals surface area (Å²) in [6.07, 6.45) is -2.18. The van der Waals surface area contributed by atoms with Crippen LogP contribution in [0.3, 0.4) is 0 Å². The maximum Gasteiger partial charge on any atom is 0.434 e. The van der Waals surface area contributed by atoms with E-state index in [4.69, 9.17) is 0 Å². The molecule has 124 valence electrons. The smallest absolute Gasteiger partial charge is 0.352 e. The van der Waals surface area contributed by atoms with E-state index in [1.165, 1.54) is 11.5 Å². The Morgan fingerprint density at radius 1 is 1.52 bits per heavy atom. The van der Waals surface area contributed by atoms with Crippen LogP contribution in [0.2, 0.25) is 0 Å². The second-order valence-electron chi connectivity index (χ2n) is 5.62. The zero-order chi connectivity index (χ0) is 16.6. The molecule has 1 aliphatic rings. The molecule has 1 amide bonds. The van der Waals surface area contributed by atoms with Crippen molar-refractivity contribution in [3.05, 3.63) is 34.4 Å². The van der Waals surface area contributed by atoms with Crippen molar-refractivity contribution in [3.8, 4) is 0 Å². The zero-order valence-electron chi connectivity index (χ0n) is 12.4. The lowest BCUT2D eigenvalue weighted by molar-refractivity contribution is -0.141. The fourth-order valence-electron chi connectivity index (χ4n) is 2.66. The molecule has 1 atom stereocenters. The monoisotopic (exact) mass is 344 g/mol. The first-order chi connectivity index (χ1) is 10.8. The Bertz CT molecular complexity index is 722. The van der Waals surface area contributed by atoms with Gasteiger partial charge in [-0.1, -0.05) is 0 Å².